The Kier molecular flexibility index (Phi) is 6.27. The average Bonchev–Trinajstić information content (AvgIpc) is 2.76. The largest absolute Gasteiger partial charge is 0.465 e. The third kappa shape index (κ3) is 5.13. The van der Waals surface area contributed by atoms with Gasteiger partial charge in [0.2, 0.25) is 0 Å². The Bertz CT molecular complexity index is 420. The van der Waals surface area contributed by atoms with E-state index in [4.69, 9.17) is 13.9 Å². The molecule has 1 aliphatic rings. The van der Waals surface area contributed by atoms with Crippen LogP contribution in [0.1, 0.15) is 57.1 Å². The maximum absolute atomic E-state index is 6.07. The van der Waals surface area contributed by atoms with Crippen molar-refractivity contribution in [3.05, 3.63) is 23.2 Å². The number of ether oxygens (including phenoxy) is 2. The van der Waals surface area contributed by atoms with Crippen LogP contribution in [0.5, 0.6) is 0 Å². The summed E-state index contributed by atoms with van der Waals surface area (Å²) in [7, 11) is 0. The molecule has 0 saturated carbocycles. The van der Waals surface area contributed by atoms with E-state index >= 15 is 0 Å². The minimum atomic E-state index is 0.290. The van der Waals surface area contributed by atoms with Gasteiger partial charge in [0.05, 0.1) is 31.5 Å². The van der Waals surface area contributed by atoms with Gasteiger partial charge in [-0.25, -0.2) is 0 Å². The highest BCUT2D eigenvalue weighted by molar-refractivity contribution is 5.20. The van der Waals surface area contributed by atoms with Crippen molar-refractivity contribution in [1.82, 2.24) is 5.32 Å². The minimum absolute atomic E-state index is 0.290. The van der Waals surface area contributed by atoms with Crippen molar-refractivity contribution in [2.45, 2.75) is 78.4 Å². The second-order valence-electron chi connectivity index (χ2n) is 6.13. The van der Waals surface area contributed by atoms with Crippen LogP contribution in [0, 0.1) is 6.92 Å². The Morgan fingerprint density at radius 1 is 1.29 bits per heavy atom. The van der Waals surface area contributed by atoms with Crippen molar-refractivity contribution in [1.29, 1.82) is 0 Å². The van der Waals surface area contributed by atoms with Gasteiger partial charge >= 0.3 is 0 Å². The normalized spacial score (nSPS) is 26.2. The van der Waals surface area contributed by atoms with Gasteiger partial charge in [0.15, 0.2) is 0 Å². The zero-order valence-corrected chi connectivity index (χ0v) is 13.8. The molecule has 1 aromatic heterocycles. The molecule has 21 heavy (non-hydrogen) atoms. The molecule has 1 aliphatic heterocycles. The van der Waals surface area contributed by atoms with Crippen LogP contribution in [0.3, 0.4) is 0 Å². The highest BCUT2D eigenvalue weighted by Crippen LogP contribution is 2.24. The first-order valence-electron chi connectivity index (χ1n) is 8.14. The fourth-order valence-corrected chi connectivity index (χ4v) is 2.89. The summed E-state index contributed by atoms with van der Waals surface area (Å²) in [6.07, 6.45) is 3.96. The Morgan fingerprint density at radius 3 is 2.67 bits per heavy atom. The van der Waals surface area contributed by atoms with Gasteiger partial charge in [0.1, 0.15) is 11.5 Å². The molecule has 120 valence electrons. The van der Waals surface area contributed by atoms with E-state index in [0.29, 0.717) is 12.7 Å². The Labute approximate surface area is 128 Å². The molecule has 4 nitrogen and oxygen atoms in total. The predicted molar refractivity (Wildman–Crippen MR) is 83.3 cm³/mol. The molecular weight excluding hydrogens is 266 g/mol. The lowest BCUT2D eigenvalue weighted by molar-refractivity contribution is -0.106. The van der Waals surface area contributed by atoms with Crippen molar-refractivity contribution in [2.75, 3.05) is 6.54 Å². The lowest BCUT2D eigenvalue weighted by Crippen LogP contribution is -2.34. The Balaban J connectivity index is 1.82. The summed E-state index contributed by atoms with van der Waals surface area (Å²) >= 11 is 0. The average molecular weight is 295 g/mol. The molecule has 2 unspecified atom stereocenters. The smallest absolute Gasteiger partial charge is 0.118 e. The van der Waals surface area contributed by atoms with Gasteiger partial charge in [-0.15, -0.1) is 0 Å². The van der Waals surface area contributed by atoms with Crippen LogP contribution in [0.25, 0.3) is 0 Å². The summed E-state index contributed by atoms with van der Waals surface area (Å²) in [5, 5.41) is 3.36. The third-order valence-electron chi connectivity index (χ3n) is 3.93. The molecular formula is C17H29NO3. The number of nitrogens with one attached hydrogen (secondary N) is 1. The molecule has 1 N–H and O–H groups in total. The summed E-state index contributed by atoms with van der Waals surface area (Å²) < 4.78 is 17.6. The second kappa shape index (κ2) is 7.97. The van der Waals surface area contributed by atoms with E-state index < -0.39 is 0 Å². The van der Waals surface area contributed by atoms with Gasteiger partial charge in [-0.2, -0.15) is 0 Å². The van der Waals surface area contributed by atoms with Crippen LogP contribution in [-0.2, 0) is 22.6 Å². The summed E-state index contributed by atoms with van der Waals surface area (Å²) in [4.78, 5) is 0. The topological polar surface area (TPSA) is 43.6 Å². The molecule has 0 amide bonds. The molecule has 1 saturated heterocycles. The maximum Gasteiger partial charge on any atom is 0.118 e. The standard InChI is InChI=1S/C17H29NO3/c1-5-6-18-10-17-9-15(14(4)21-17)11-19-16-7-12(2)20-13(3)8-16/h9,12-13,16,18H,5-8,10-11H2,1-4H3. The molecule has 2 heterocycles. The molecule has 0 spiro atoms. The zero-order valence-electron chi connectivity index (χ0n) is 13.8. The highest BCUT2D eigenvalue weighted by Gasteiger charge is 2.25. The predicted octanol–water partition coefficient (Wildman–Crippen LogP) is 3.56. The first-order chi connectivity index (χ1) is 10.1. The first kappa shape index (κ1) is 16.5. The van der Waals surface area contributed by atoms with Crippen LogP contribution >= 0.6 is 0 Å². The van der Waals surface area contributed by atoms with Gasteiger partial charge < -0.3 is 19.2 Å². The number of aryl methyl sites for hydroxylation is 1. The van der Waals surface area contributed by atoms with Crippen molar-refractivity contribution >= 4 is 0 Å². The fraction of sp³-hybridized carbons (Fsp3) is 0.765. The zero-order chi connectivity index (χ0) is 15.2. The van der Waals surface area contributed by atoms with Crippen molar-refractivity contribution in [2.24, 2.45) is 0 Å². The fourth-order valence-electron chi connectivity index (χ4n) is 2.89. The van der Waals surface area contributed by atoms with Crippen LogP contribution in [0.4, 0.5) is 0 Å². The molecule has 0 radical (unpaired) electrons. The molecule has 1 aromatic rings. The van der Waals surface area contributed by atoms with E-state index in [2.05, 4.69) is 32.2 Å². The van der Waals surface area contributed by atoms with Crippen LogP contribution < -0.4 is 5.32 Å². The van der Waals surface area contributed by atoms with Gasteiger partial charge in [-0.3, -0.25) is 0 Å². The van der Waals surface area contributed by atoms with Gasteiger partial charge in [-0.1, -0.05) is 6.92 Å². The Morgan fingerprint density at radius 2 is 2.00 bits per heavy atom. The van der Waals surface area contributed by atoms with Crippen molar-refractivity contribution in [3.8, 4) is 0 Å². The lowest BCUT2D eigenvalue weighted by atomic mass is 10.0. The van der Waals surface area contributed by atoms with E-state index in [0.717, 1.165) is 49.4 Å². The minimum Gasteiger partial charge on any atom is -0.465 e. The van der Waals surface area contributed by atoms with E-state index in [1.54, 1.807) is 0 Å². The highest BCUT2D eigenvalue weighted by atomic mass is 16.5. The first-order valence-corrected chi connectivity index (χ1v) is 8.14. The van der Waals surface area contributed by atoms with Crippen molar-refractivity contribution < 1.29 is 13.9 Å². The number of hydrogen-bond donors (Lipinski definition) is 1. The summed E-state index contributed by atoms with van der Waals surface area (Å²) in [5.41, 5.74) is 1.16. The molecule has 0 aliphatic carbocycles. The third-order valence-corrected chi connectivity index (χ3v) is 3.93. The van der Waals surface area contributed by atoms with Gasteiger partial charge in [0.25, 0.3) is 0 Å². The van der Waals surface area contributed by atoms with Crippen molar-refractivity contribution in [3.63, 3.8) is 0 Å². The maximum atomic E-state index is 6.07. The molecule has 4 heteroatoms. The SMILES string of the molecule is CCCNCc1cc(COC2CC(C)OC(C)C2)c(C)o1. The quantitative estimate of drug-likeness (QED) is 0.781. The molecule has 2 atom stereocenters. The van der Waals surface area contributed by atoms with Crippen LogP contribution in [0.15, 0.2) is 10.5 Å². The lowest BCUT2D eigenvalue weighted by Gasteiger charge is -2.31. The molecule has 2 rings (SSSR count). The summed E-state index contributed by atoms with van der Waals surface area (Å²) in [6, 6.07) is 2.12. The van der Waals surface area contributed by atoms with E-state index in [9.17, 15) is 0 Å². The van der Waals surface area contributed by atoms with Gasteiger partial charge in [-0.05, 0) is 52.6 Å². The van der Waals surface area contributed by atoms with Crippen LogP contribution in [0.2, 0.25) is 0 Å². The van der Waals surface area contributed by atoms with E-state index in [1.807, 2.05) is 6.92 Å². The summed E-state index contributed by atoms with van der Waals surface area (Å²) in [6.45, 7) is 10.8. The summed E-state index contributed by atoms with van der Waals surface area (Å²) in [5.74, 6) is 1.96. The molecule has 0 aromatic carbocycles. The molecule has 1 fully saturated rings. The Hall–Kier alpha value is -0.840. The molecule has 0 bridgehead atoms. The second-order valence-corrected chi connectivity index (χ2v) is 6.13. The monoisotopic (exact) mass is 295 g/mol. The number of furan rings is 1. The van der Waals surface area contributed by atoms with E-state index in [1.165, 1.54) is 0 Å². The van der Waals surface area contributed by atoms with Crippen LogP contribution in [-0.4, -0.2) is 24.9 Å². The number of hydrogen-bond acceptors (Lipinski definition) is 4. The van der Waals surface area contributed by atoms with E-state index in [-0.39, 0.29) is 12.2 Å². The van der Waals surface area contributed by atoms with Gasteiger partial charge in [0, 0.05) is 5.56 Å². The number of rotatable bonds is 7.